The van der Waals surface area contributed by atoms with Gasteiger partial charge in [-0.05, 0) is 19.9 Å². The van der Waals surface area contributed by atoms with Crippen LogP contribution in [0.4, 0.5) is 0 Å². The molecule has 1 saturated heterocycles. The molecule has 0 aromatic rings. The van der Waals surface area contributed by atoms with Crippen LogP contribution in [0.15, 0.2) is 0 Å². The summed E-state index contributed by atoms with van der Waals surface area (Å²) in [6, 6.07) is 0.224. The van der Waals surface area contributed by atoms with Crippen LogP contribution in [0, 0.1) is 0 Å². The lowest BCUT2D eigenvalue weighted by Gasteiger charge is -2.31. The number of likely N-dealkylation sites (tertiary alicyclic amines) is 1. The maximum absolute atomic E-state index is 11.3. The van der Waals surface area contributed by atoms with Crippen LogP contribution in [0.2, 0.25) is 0 Å². The third kappa shape index (κ3) is 3.87. The van der Waals surface area contributed by atoms with Gasteiger partial charge in [-0.2, -0.15) is 0 Å². The Labute approximate surface area is 90.2 Å². The second-order valence-electron chi connectivity index (χ2n) is 3.88. The summed E-state index contributed by atoms with van der Waals surface area (Å²) in [7, 11) is 1.75. The predicted molar refractivity (Wildman–Crippen MR) is 57.3 cm³/mol. The van der Waals surface area contributed by atoms with Crippen molar-refractivity contribution in [3.05, 3.63) is 0 Å². The van der Waals surface area contributed by atoms with E-state index < -0.39 is 0 Å². The Balaban J connectivity index is 2.25. The van der Waals surface area contributed by atoms with E-state index in [-0.39, 0.29) is 17.9 Å². The van der Waals surface area contributed by atoms with Crippen LogP contribution in [0.5, 0.6) is 0 Å². The number of carbonyl (C=O) groups is 2. The normalized spacial score (nSPS) is 17.6. The molecule has 0 radical (unpaired) electrons. The van der Waals surface area contributed by atoms with Crippen molar-refractivity contribution in [3.8, 4) is 0 Å². The monoisotopic (exact) mass is 213 g/mol. The molecule has 15 heavy (non-hydrogen) atoms. The average molecular weight is 213 g/mol. The largest absolute Gasteiger partial charge is 0.352 e. The second kappa shape index (κ2) is 5.70. The highest BCUT2D eigenvalue weighted by Crippen LogP contribution is 2.09. The zero-order valence-electron chi connectivity index (χ0n) is 9.38. The van der Waals surface area contributed by atoms with Crippen molar-refractivity contribution in [1.29, 1.82) is 0 Å². The van der Waals surface area contributed by atoms with Crippen LogP contribution >= 0.6 is 0 Å². The summed E-state index contributed by atoms with van der Waals surface area (Å²) < 4.78 is 0. The molecule has 1 rings (SSSR count). The van der Waals surface area contributed by atoms with Crippen LogP contribution in [-0.2, 0) is 9.59 Å². The SMILES string of the molecule is CNCC(=O)NC1CCN(C(C)=O)CC1. The number of carbonyl (C=O) groups excluding carboxylic acids is 2. The molecule has 86 valence electrons. The molecule has 1 fully saturated rings. The van der Waals surface area contributed by atoms with Crippen molar-refractivity contribution in [2.24, 2.45) is 0 Å². The molecule has 0 bridgehead atoms. The van der Waals surface area contributed by atoms with E-state index in [1.54, 1.807) is 14.0 Å². The lowest BCUT2D eigenvalue weighted by molar-refractivity contribution is -0.130. The maximum Gasteiger partial charge on any atom is 0.234 e. The van der Waals surface area contributed by atoms with E-state index in [2.05, 4.69) is 10.6 Å². The van der Waals surface area contributed by atoms with Gasteiger partial charge in [0.15, 0.2) is 0 Å². The molecule has 1 aliphatic heterocycles. The van der Waals surface area contributed by atoms with Crippen LogP contribution in [0.3, 0.4) is 0 Å². The van der Waals surface area contributed by atoms with E-state index in [1.807, 2.05) is 4.90 Å². The molecule has 1 aliphatic rings. The van der Waals surface area contributed by atoms with E-state index in [1.165, 1.54) is 0 Å². The van der Waals surface area contributed by atoms with Crippen molar-refractivity contribution in [1.82, 2.24) is 15.5 Å². The van der Waals surface area contributed by atoms with E-state index in [4.69, 9.17) is 0 Å². The van der Waals surface area contributed by atoms with Crippen molar-refractivity contribution >= 4 is 11.8 Å². The number of hydrogen-bond donors (Lipinski definition) is 2. The summed E-state index contributed by atoms with van der Waals surface area (Å²) in [6.07, 6.45) is 1.71. The zero-order valence-corrected chi connectivity index (χ0v) is 9.38. The summed E-state index contributed by atoms with van der Waals surface area (Å²) in [5, 5.41) is 5.75. The molecule has 0 unspecified atom stereocenters. The Hall–Kier alpha value is -1.10. The smallest absolute Gasteiger partial charge is 0.234 e. The highest BCUT2D eigenvalue weighted by atomic mass is 16.2. The van der Waals surface area contributed by atoms with Gasteiger partial charge >= 0.3 is 0 Å². The van der Waals surface area contributed by atoms with Crippen molar-refractivity contribution in [3.63, 3.8) is 0 Å². The van der Waals surface area contributed by atoms with Gasteiger partial charge < -0.3 is 15.5 Å². The molecule has 2 amide bonds. The first-order chi connectivity index (χ1) is 7.13. The number of rotatable bonds is 3. The van der Waals surface area contributed by atoms with Crippen LogP contribution < -0.4 is 10.6 Å². The maximum atomic E-state index is 11.3. The Bertz CT molecular complexity index is 235. The first-order valence-electron chi connectivity index (χ1n) is 5.33. The standard InChI is InChI=1S/C10H19N3O2/c1-8(14)13-5-3-9(4-6-13)12-10(15)7-11-2/h9,11H,3-7H2,1-2H3,(H,12,15). The summed E-state index contributed by atoms with van der Waals surface area (Å²) in [5.41, 5.74) is 0. The van der Waals surface area contributed by atoms with Crippen LogP contribution in [-0.4, -0.2) is 49.4 Å². The van der Waals surface area contributed by atoms with Gasteiger partial charge in [-0.1, -0.05) is 0 Å². The lowest BCUT2D eigenvalue weighted by Crippen LogP contribution is -2.47. The molecular weight excluding hydrogens is 194 g/mol. The van der Waals surface area contributed by atoms with Gasteiger partial charge in [-0.3, -0.25) is 9.59 Å². The van der Waals surface area contributed by atoms with Crippen molar-refractivity contribution in [2.45, 2.75) is 25.8 Å². The van der Waals surface area contributed by atoms with E-state index in [0.717, 1.165) is 25.9 Å². The molecule has 0 aromatic carbocycles. The minimum atomic E-state index is 0.0266. The molecule has 5 nitrogen and oxygen atoms in total. The molecule has 1 heterocycles. The van der Waals surface area contributed by atoms with E-state index >= 15 is 0 Å². The van der Waals surface area contributed by atoms with Gasteiger partial charge in [0, 0.05) is 26.1 Å². The topological polar surface area (TPSA) is 61.4 Å². The number of nitrogens with one attached hydrogen (secondary N) is 2. The molecule has 0 aromatic heterocycles. The molecule has 0 aliphatic carbocycles. The summed E-state index contributed by atoms with van der Waals surface area (Å²) in [5.74, 6) is 0.147. The Morgan fingerprint density at radius 3 is 2.40 bits per heavy atom. The Morgan fingerprint density at radius 1 is 1.33 bits per heavy atom. The fourth-order valence-electron chi connectivity index (χ4n) is 1.78. The van der Waals surface area contributed by atoms with Crippen molar-refractivity contribution < 1.29 is 9.59 Å². The predicted octanol–water partition coefficient (Wildman–Crippen LogP) is -0.667. The molecule has 0 atom stereocenters. The average Bonchev–Trinajstić information content (AvgIpc) is 2.18. The number of piperidine rings is 1. The highest BCUT2D eigenvalue weighted by Gasteiger charge is 2.21. The second-order valence-corrected chi connectivity index (χ2v) is 3.88. The van der Waals surface area contributed by atoms with Crippen LogP contribution in [0.1, 0.15) is 19.8 Å². The first-order valence-corrected chi connectivity index (χ1v) is 5.33. The number of hydrogen-bond acceptors (Lipinski definition) is 3. The highest BCUT2D eigenvalue weighted by molar-refractivity contribution is 5.78. The molecule has 0 spiro atoms. The lowest BCUT2D eigenvalue weighted by atomic mass is 10.1. The molecule has 5 heteroatoms. The molecular formula is C10H19N3O2. The fraction of sp³-hybridized carbons (Fsp3) is 0.800. The van der Waals surface area contributed by atoms with Gasteiger partial charge in [-0.15, -0.1) is 0 Å². The first kappa shape index (κ1) is 12.0. The molecule has 2 N–H and O–H groups in total. The minimum absolute atomic E-state index is 0.0266. The van der Waals surface area contributed by atoms with E-state index in [0.29, 0.717) is 6.54 Å². The Kier molecular flexibility index (Phi) is 4.55. The van der Waals surface area contributed by atoms with Crippen molar-refractivity contribution in [2.75, 3.05) is 26.7 Å². The quantitative estimate of drug-likeness (QED) is 0.654. The fourth-order valence-corrected chi connectivity index (χ4v) is 1.78. The Morgan fingerprint density at radius 2 is 1.93 bits per heavy atom. The van der Waals surface area contributed by atoms with Gasteiger partial charge in [0.05, 0.1) is 6.54 Å². The number of likely N-dealkylation sites (N-methyl/N-ethyl adjacent to an activating group) is 1. The molecule has 0 saturated carbocycles. The zero-order chi connectivity index (χ0) is 11.3. The van der Waals surface area contributed by atoms with Gasteiger partial charge in [0.2, 0.25) is 11.8 Å². The number of amides is 2. The van der Waals surface area contributed by atoms with E-state index in [9.17, 15) is 9.59 Å². The van der Waals surface area contributed by atoms with Gasteiger partial charge in [-0.25, -0.2) is 0 Å². The third-order valence-electron chi connectivity index (χ3n) is 2.64. The number of nitrogens with zero attached hydrogens (tertiary/aromatic N) is 1. The van der Waals surface area contributed by atoms with Gasteiger partial charge in [0.25, 0.3) is 0 Å². The third-order valence-corrected chi connectivity index (χ3v) is 2.64. The minimum Gasteiger partial charge on any atom is -0.352 e. The van der Waals surface area contributed by atoms with Gasteiger partial charge in [0.1, 0.15) is 0 Å². The summed E-state index contributed by atoms with van der Waals surface area (Å²) >= 11 is 0. The summed E-state index contributed by atoms with van der Waals surface area (Å²) in [4.78, 5) is 24.2. The summed E-state index contributed by atoms with van der Waals surface area (Å²) in [6.45, 7) is 3.44. The van der Waals surface area contributed by atoms with Crippen LogP contribution in [0.25, 0.3) is 0 Å².